The van der Waals surface area contributed by atoms with E-state index in [9.17, 15) is 9.59 Å². The van der Waals surface area contributed by atoms with Crippen molar-refractivity contribution in [3.05, 3.63) is 60.4 Å². The van der Waals surface area contributed by atoms with Gasteiger partial charge in [-0.1, -0.05) is 24.3 Å². The molecule has 0 fully saturated rings. The van der Waals surface area contributed by atoms with Gasteiger partial charge < -0.3 is 5.32 Å². The first kappa shape index (κ1) is 15.7. The molecule has 0 saturated heterocycles. The molecule has 0 bridgehead atoms. The number of nitrogens with one attached hydrogen (secondary N) is 2. The maximum absolute atomic E-state index is 12.3. The van der Waals surface area contributed by atoms with E-state index >= 15 is 0 Å². The lowest BCUT2D eigenvalue weighted by Gasteiger charge is -2.30. The van der Waals surface area contributed by atoms with Gasteiger partial charge in [0.15, 0.2) is 0 Å². The third-order valence-corrected chi connectivity index (χ3v) is 3.52. The zero-order chi connectivity index (χ0) is 16.9. The van der Waals surface area contributed by atoms with Crippen molar-refractivity contribution in [2.45, 2.75) is 19.5 Å². The molecule has 0 radical (unpaired) electrons. The number of carbonyl (C=O) groups excluding carboxylic acids is 2. The van der Waals surface area contributed by atoms with Crippen molar-refractivity contribution >= 4 is 23.3 Å². The zero-order valence-corrected chi connectivity index (χ0v) is 13.1. The van der Waals surface area contributed by atoms with Gasteiger partial charge in [0.1, 0.15) is 6.04 Å². The summed E-state index contributed by atoms with van der Waals surface area (Å²) in [6.07, 6.45) is 3.35. The van der Waals surface area contributed by atoms with Gasteiger partial charge in [-0.3, -0.25) is 20.0 Å². The number of aliphatic imine (C=N–C) groups is 1. The Kier molecular flexibility index (Phi) is 4.51. The number of benzene rings is 1. The van der Waals surface area contributed by atoms with Crippen LogP contribution in [0.3, 0.4) is 0 Å². The molecule has 2 aromatic rings. The molecule has 1 aliphatic heterocycles. The van der Waals surface area contributed by atoms with E-state index in [4.69, 9.17) is 0 Å². The molecule has 1 aromatic carbocycles. The highest BCUT2D eigenvalue weighted by atomic mass is 16.2. The smallest absolute Gasteiger partial charge is 0.288 e. The van der Waals surface area contributed by atoms with Crippen LogP contribution in [0.4, 0.5) is 5.69 Å². The van der Waals surface area contributed by atoms with Gasteiger partial charge in [0, 0.05) is 18.9 Å². The van der Waals surface area contributed by atoms with Crippen molar-refractivity contribution in [1.82, 2.24) is 15.7 Å². The van der Waals surface area contributed by atoms with E-state index in [2.05, 4.69) is 20.7 Å². The number of carbonyl (C=O) groups is 2. The van der Waals surface area contributed by atoms with Gasteiger partial charge in [-0.2, -0.15) is 0 Å². The van der Waals surface area contributed by atoms with Crippen molar-refractivity contribution < 1.29 is 9.59 Å². The number of amides is 2. The molecule has 24 heavy (non-hydrogen) atoms. The second-order valence-electron chi connectivity index (χ2n) is 5.32. The number of hydrogen-bond donors (Lipinski definition) is 2. The third kappa shape index (κ3) is 3.40. The van der Waals surface area contributed by atoms with Crippen LogP contribution in [0.2, 0.25) is 0 Å². The topological polar surface area (TPSA) is 86.7 Å². The summed E-state index contributed by atoms with van der Waals surface area (Å²) < 4.78 is 0. The molecule has 2 amide bonds. The predicted molar refractivity (Wildman–Crippen MR) is 90.0 cm³/mol. The van der Waals surface area contributed by atoms with E-state index in [-0.39, 0.29) is 17.6 Å². The molecule has 0 spiro atoms. The molecule has 7 nitrogen and oxygen atoms in total. The highest BCUT2D eigenvalue weighted by Gasteiger charge is 2.30. The number of hydrazine groups is 1. The lowest BCUT2D eigenvalue weighted by atomic mass is 10.2. The maximum Gasteiger partial charge on any atom is 0.288 e. The Hall–Kier alpha value is -3.22. The van der Waals surface area contributed by atoms with Gasteiger partial charge >= 0.3 is 0 Å². The van der Waals surface area contributed by atoms with Crippen LogP contribution in [0.1, 0.15) is 12.5 Å². The molecule has 122 valence electrons. The standard InChI is InChI=1S/C17H17N5O2/c1-12-17(24)22(14-7-3-2-4-8-14)21-15(20-12)16(23)19-11-13-6-5-9-18-10-13/h2-10,12H,11H2,1H3,(H,19,23)(H,20,21)/t12-/m1/s1. The highest BCUT2D eigenvalue weighted by Crippen LogP contribution is 2.15. The van der Waals surface area contributed by atoms with Crippen LogP contribution in [0.25, 0.3) is 0 Å². The molecule has 0 saturated carbocycles. The summed E-state index contributed by atoms with van der Waals surface area (Å²) in [6.45, 7) is 1.99. The van der Waals surface area contributed by atoms with Crippen molar-refractivity contribution in [3.63, 3.8) is 0 Å². The fraction of sp³-hybridized carbons (Fsp3) is 0.176. The van der Waals surface area contributed by atoms with Crippen LogP contribution >= 0.6 is 0 Å². The minimum atomic E-state index is -0.634. The molecule has 1 aliphatic rings. The predicted octanol–water partition coefficient (Wildman–Crippen LogP) is 1.04. The Labute approximate surface area is 139 Å². The van der Waals surface area contributed by atoms with Gasteiger partial charge in [-0.15, -0.1) is 0 Å². The minimum absolute atomic E-state index is 0.106. The van der Waals surface area contributed by atoms with Gasteiger partial charge in [-0.05, 0) is 30.7 Å². The average molecular weight is 323 g/mol. The van der Waals surface area contributed by atoms with Gasteiger partial charge in [0.05, 0.1) is 5.69 Å². The molecule has 1 atom stereocenters. The number of pyridine rings is 1. The number of amidine groups is 1. The van der Waals surface area contributed by atoms with Crippen LogP contribution in [0.15, 0.2) is 59.9 Å². The van der Waals surface area contributed by atoms with Crippen molar-refractivity contribution in [3.8, 4) is 0 Å². The summed E-state index contributed by atoms with van der Waals surface area (Å²) in [6, 6.07) is 12.1. The van der Waals surface area contributed by atoms with E-state index in [1.807, 2.05) is 24.3 Å². The number of hydrogen-bond acceptors (Lipinski definition) is 5. The summed E-state index contributed by atoms with van der Waals surface area (Å²) in [5.74, 6) is -0.487. The molecule has 0 aliphatic carbocycles. The zero-order valence-electron chi connectivity index (χ0n) is 13.1. The molecular formula is C17H17N5O2. The fourth-order valence-corrected chi connectivity index (χ4v) is 2.27. The summed E-state index contributed by atoms with van der Waals surface area (Å²) >= 11 is 0. The molecule has 3 rings (SSSR count). The van der Waals surface area contributed by atoms with Gasteiger partial charge in [0.2, 0.25) is 5.84 Å². The Morgan fingerprint density at radius 1 is 1.25 bits per heavy atom. The van der Waals surface area contributed by atoms with Crippen LogP contribution in [-0.4, -0.2) is 28.7 Å². The van der Waals surface area contributed by atoms with Crippen molar-refractivity contribution in [2.75, 3.05) is 5.01 Å². The van der Waals surface area contributed by atoms with E-state index in [0.717, 1.165) is 5.56 Å². The SMILES string of the molecule is C[C@H]1N=C(C(=O)NCc2cccnc2)NN(c2ccccc2)C1=O. The second-order valence-corrected chi connectivity index (χ2v) is 5.32. The van der Waals surface area contributed by atoms with Crippen LogP contribution in [0.5, 0.6) is 0 Å². The number of aromatic nitrogens is 1. The molecule has 7 heteroatoms. The number of rotatable bonds is 4. The van der Waals surface area contributed by atoms with E-state index in [1.54, 1.807) is 37.5 Å². The summed E-state index contributed by atoms with van der Waals surface area (Å²) in [7, 11) is 0. The lowest BCUT2D eigenvalue weighted by Crippen LogP contribution is -2.57. The largest absolute Gasteiger partial charge is 0.345 e. The average Bonchev–Trinajstić information content (AvgIpc) is 2.63. The molecule has 2 N–H and O–H groups in total. The van der Waals surface area contributed by atoms with E-state index < -0.39 is 6.04 Å². The first-order valence-electron chi connectivity index (χ1n) is 7.56. The normalized spacial score (nSPS) is 17.0. The highest BCUT2D eigenvalue weighted by molar-refractivity contribution is 6.39. The lowest BCUT2D eigenvalue weighted by molar-refractivity contribution is -0.120. The number of anilines is 1. The van der Waals surface area contributed by atoms with Gasteiger partial charge in [0.25, 0.3) is 11.8 Å². The van der Waals surface area contributed by atoms with E-state index in [0.29, 0.717) is 12.2 Å². The Morgan fingerprint density at radius 2 is 2.04 bits per heavy atom. The minimum Gasteiger partial charge on any atom is -0.345 e. The summed E-state index contributed by atoms with van der Waals surface area (Å²) in [5, 5.41) is 4.11. The molecule has 1 aromatic heterocycles. The fourth-order valence-electron chi connectivity index (χ4n) is 2.27. The van der Waals surface area contributed by atoms with Crippen molar-refractivity contribution in [1.29, 1.82) is 0 Å². The molecule has 0 unspecified atom stereocenters. The van der Waals surface area contributed by atoms with Crippen LogP contribution in [-0.2, 0) is 16.1 Å². The van der Waals surface area contributed by atoms with Gasteiger partial charge in [-0.25, -0.2) is 10.0 Å². The maximum atomic E-state index is 12.3. The Bertz CT molecular complexity index is 761. The van der Waals surface area contributed by atoms with E-state index in [1.165, 1.54) is 5.01 Å². The second kappa shape index (κ2) is 6.91. The van der Waals surface area contributed by atoms with Crippen molar-refractivity contribution in [2.24, 2.45) is 4.99 Å². The Balaban J connectivity index is 1.72. The number of para-hydroxylation sites is 1. The monoisotopic (exact) mass is 323 g/mol. The third-order valence-electron chi connectivity index (χ3n) is 3.52. The number of nitrogens with zero attached hydrogens (tertiary/aromatic N) is 3. The van der Waals surface area contributed by atoms with Crippen LogP contribution < -0.4 is 15.8 Å². The Morgan fingerprint density at radius 3 is 2.75 bits per heavy atom. The first-order valence-corrected chi connectivity index (χ1v) is 7.56. The van der Waals surface area contributed by atoms with Crippen LogP contribution in [0, 0.1) is 0 Å². The summed E-state index contributed by atoms with van der Waals surface area (Å²) in [4.78, 5) is 32.8. The molecular weight excluding hydrogens is 306 g/mol. The summed E-state index contributed by atoms with van der Waals surface area (Å²) in [5.41, 5.74) is 4.33. The molecule has 2 heterocycles. The first-order chi connectivity index (χ1) is 11.6. The quantitative estimate of drug-likeness (QED) is 0.880.